The Bertz CT molecular complexity index is 2240. The van der Waals surface area contributed by atoms with E-state index in [4.69, 9.17) is 0 Å². The Hall–Kier alpha value is -4.74. The lowest BCUT2D eigenvalue weighted by molar-refractivity contribution is 0.101. The van der Waals surface area contributed by atoms with Crippen molar-refractivity contribution in [1.29, 1.82) is 0 Å². The van der Waals surface area contributed by atoms with Gasteiger partial charge < -0.3 is 20.6 Å². The minimum atomic E-state index is -0.0612. The van der Waals surface area contributed by atoms with Gasteiger partial charge in [-0.2, -0.15) is 22.7 Å². The average Bonchev–Trinajstić information content (AvgIpc) is 4.02. The summed E-state index contributed by atoms with van der Waals surface area (Å²) in [5, 5.41) is 15.9. The number of unbranched alkanes of at least 4 members (excludes halogenated alkanes) is 1. The van der Waals surface area contributed by atoms with Crippen molar-refractivity contribution in [2.45, 2.75) is 46.5 Å². The van der Waals surface area contributed by atoms with Gasteiger partial charge in [0.15, 0.2) is 0 Å². The van der Waals surface area contributed by atoms with Crippen LogP contribution in [0.25, 0.3) is 33.0 Å². The summed E-state index contributed by atoms with van der Waals surface area (Å²) < 4.78 is 0. The van der Waals surface area contributed by atoms with Gasteiger partial charge in [0.25, 0.3) is 11.8 Å². The third kappa shape index (κ3) is 9.13. The van der Waals surface area contributed by atoms with Gasteiger partial charge in [-0.15, -0.1) is 0 Å². The van der Waals surface area contributed by atoms with Gasteiger partial charge in [0.2, 0.25) is 0 Å². The van der Waals surface area contributed by atoms with Crippen molar-refractivity contribution in [1.82, 2.24) is 19.8 Å². The quantitative estimate of drug-likeness (QED) is 0.106. The Kier molecular flexibility index (Phi) is 12.2. The fourth-order valence-corrected chi connectivity index (χ4v) is 8.57. The first-order valence-electron chi connectivity index (χ1n) is 19.1. The number of carbonyl (C=O) groups is 2. The summed E-state index contributed by atoms with van der Waals surface area (Å²) in [4.78, 5) is 36.4. The molecule has 0 bridgehead atoms. The van der Waals surface area contributed by atoms with Crippen LogP contribution in [0.4, 0.5) is 11.4 Å². The summed E-state index contributed by atoms with van der Waals surface area (Å²) in [7, 11) is 0. The Balaban J connectivity index is 0.000000167. The Morgan fingerprint density at radius 3 is 1.69 bits per heavy atom. The number of fused-ring (bicyclic) bond motifs is 2. The predicted molar refractivity (Wildman–Crippen MR) is 229 cm³/mol. The van der Waals surface area contributed by atoms with Crippen molar-refractivity contribution in [3.8, 4) is 0 Å². The van der Waals surface area contributed by atoms with Crippen LogP contribution in [0.3, 0.4) is 0 Å². The summed E-state index contributed by atoms with van der Waals surface area (Å²) in [5.41, 5.74) is 10.6. The third-order valence-corrected chi connectivity index (χ3v) is 11.5. The summed E-state index contributed by atoms with van der Waals surface area (Å²) >= 11 is 3.06. The number of anilines is 2. The van der Waals surface area contributed by atoms with E-state index < -0.39 is 0 Å². The van der Waals surface area contributed by atoms with Gasteiger partial charge in [-0.05, 0) is 102 Å². The molecule has 0 spiro atoms. The molecule has 6 heterocycles. The number of aromatic amines is 2. The molecule has 4 N–H and O–H groups in total. The first kappa shape index (κ1) is 37.6. The number of nitrogens with one attached hydrogen (secondary N) is 4. The molecule has 54 heavy (non-hydrogen) atoms. The van der Waals surface area contributed by atoms with Gasteiger partial charge in [-0.25, -0.2) is 0 Å². The number of hydrogen-bond acceptors (Lipinski definition) is 6. The van der Waals surface area contributed by atoms with Crippen LogP contribution in [-0.4, -0.2) is 70.9 Å². The van der Waals surface area contributed by atoms with Crippen LogP contribution >= 0.6 is 22.7 Å². The molecule has 2 aliphatic rings. The molecule has 0 fully saturated rings. The minimum absolute atomic E-state index is 0.0591. The summed E-state index contributed by atoms with van der Waals surface area (Å²) in [6.07, 6.45) is 13.6. The van der Waals surface area contributed by atoms with E-state index in [9.17, 15) is 9.59 Å². The molecule has 2 aliphatic heterocycles. The van der Waals surface area contributed by atoms with Crippen molar-refractivity contribution < 1.29 is 9.59 Å². The first-order valence-corrected chi connectivity index (χ1v) is 21.0. The first-order chi connectivity index (χ1) is 26.3. The molecule has 0 atom stereocenters. The molecule has 0 saturated carbocycles. The fourth-order valence-electron chi connectivity index (χ4n) is 7.30. The van der Waals surface area contributed by atoms with Gasteiger partial charge in [0.05, 0.1) is 11.1 Å². The van der Waals surface area contributed by atoms with E-state index in [-0.39, 0.29) is 11.8 Å². The average molecular weight is 759 g/mol. The van der Waals surface area contributed by atoms with Gasteiger partial charge in [-0.3, -0.25) is 19.4 Å². The number of hydrogen-bond donors (Lipinski definition) is 4. The number of rotatable bonds is 11. The summed E-state index contributed by atoms with van der Waals surface area (Å²) in [6.45, 7) is 13.4. The highest BCUT2D eigenvalue weighted by molar-refractivity contribution is 7.08. The normalized spacial score (nSPS) is 15.2. The maximum Gasteiger partial charge on any atom is 0.256 e. The van der Waals surface area contributed by atoms with Gasteiger partial charge >= 0.3 is 0 Å². The van der Waals surface area contributed by atoms with E-state index >= 15 is 0 Å². The lowest BCUT2D eigenvalue weighted by atomic mass is 9.98. The Morgan fingerprint density at radius 1 is 0.741 bits per heavy atom. The number of thiophene rings is 2. The number of benzene rings is 2. The number of nitrogens with zero attached hydrogens (tertiary/aromatic N) is 2. The van der Waals surface area contributed by atoms with E-state index in [2.05, 4.69) is 87.9 Å². The molecule has 8 nitrogen and oxygen atoms in total. The summed E-state index contributed by atoms with van der Waals surface area (Å²) in [6, 6.07) is 15.8. The molecule has 4 aromatic heterocycles. The number of H-pyrrole nitrogens is 2. The molecule has 2 amide bonds. The van der Waals surface area contributed by atoms with Gasteiger partial charge in [0.1, 0.15) is 0 Å². The molecule has 10 heteroatoms. The van der Waals surface area contributed by atoms with Crippen molar-refractivity contribution in [2.24, 2.45) is 5.92 Å². The van der Waals surface area contributed by atoms with E-state index in [1.54, 1.807) is 0 Å². The molecule has 0 unspecified atom stereocenters. The van der Waals surface area contributed by atoms with Gasteiger partial charge in [-0.1, -0.05) is 39.3 Å². The third-order valence-electron chi connectivity index (χ3n) is 10.2. The monoisotopic (exact) mass is 758 g/mol. The number of carbonyl (C=O) groups excluding carboxylic acids is 2. The standard InChI is InChI=1S/2C22H25N3OS/c1-15(2)13-25-8-5-16(6-9-25)20-12-23-21-4-3-18(11-19(20)21)24-22(26)17-7-10-27-14-17;1-2-3-9-25-10-6-16(7-11-25)20-14-23-21-5-4-18(13-19(20)21)24-22(26)17-8-12-27-15-17/h3-5,7,10-12,14-15,23H,6,8-9,13H2,1-2H3,(H,24,26);4-6,8,12-15,23H,2-3,7,9-11H2,1H3,(H,24,26). The molecule has 2 aromatic carbocycles. The van der Waals surface area contributed by atoms with Crippen molar-refractivity contribution in [3.63, 3.8) is 0 Å². The molecular weight excluding hydrogens is 709 g/mol. The number of amides is 2. The molecular formula is C44H50N6O2S2. The van der Waals surface area contributed by atoms with Gasteiger partial charge in [0, 0.05) is 100 Å². The summed E-state index contributed by atoms with van der Waals surface area (Å²) in [5.74, 6) is 0.576. The second-order valence-electron chi connectivity index (χ2n) is 14.6. The van der Waals surface area contributed by atoms with Crippen LogP contribution in [0, 0.1) is 5.92 Å². The lowest BCUT2D eigenvalue weighted by Gasteiger charge is -2.27. The zero-order chi connectivity index (χ0) is 37.4. The van der Waals surface area contributed by atoms with Crippen LogP contribution in [0.15, 0.2) is 94.6 Å². The SMILES string of the molecule is CC(C)CN1CC=C(c2c[nH]c3ccc(NC(=O)c4ccsc4)cc23)CC1.CCCCN1CC=C(c2c[nH]c3ccc(NC(=O)c4ccsc4)cc23)CC1. The second kappa shape index (κ2) is 17.6. The Morgan fingerprint density at radius 2 is 1.26 bits per heavy atom. The molecule has 0 radical (unpaired) electrons. The topological polar surface area (TPSA) is 96.3 Å². The zero-order valence-electron chi connectivity index (χ0n) is 31.4. The van der Waals surface area contributed by atoms with Crippen LogP contribution in [0.5, 0.6) is 0 Å². The lowest BCUT2D eigenvalue weighted by Crippen LogP contribution is -2.31. The van der Waals surface area contributed by atoms with Crippen LogP contribution < -0.4 is 10.6 Å². The maximum atomic E-state index is 12.3. The fraction of sp³-hybridized carbons (Fsp3) is 0.318. The van der Waals surface area contributed by atoms with E-state index in [0.717, 1.165) is 68.0 Å². The molecule has 8 rings (SSSR count). The molecule has 0 aliphatic carbocycles. The largest absolute Gasteiger partial charge is 0.361 e. The highest BCUT2D eigenvalue weighted by Gasteiger charge is 2.18. The molecule has 6 aromatic rings. The van der Waals surface area contributed by atoms with Crippen molar-refractivity contribution in [2.75, 3.05) is 49.9 Å². The van der Waals surface area contributed by atoms with Crippen molar-refractivity contribution >= 4 is 78.8 Å². The number of aromatic nitrogens is 2. The van der Waals surface area contributed by atoms with Crippen LogP contribution in [0.1, 0.15) is 78.3 Å². The molecule has 0 saturated heterocycles. The Labute approximate surface area is 326 Å². The van der Waals surface area contributed by atoms with E-state index in [1.807, 2.05) is 57.9 Å². The van der Waals surface area contributed by atoms with Crippen LogP contribution in [-0.2, 0) is 0 Å². The van der Waals surface area contributed by atoms with E-state index in [0.29, 0.717) is 17.0 Å². The smallest absolute Gasteiger partial charge is 0.256 e. The second-order valence-corrected chi connectivity index (χ2v) is 16.2. The van der Waals surface area contributed by atoms with E-state index in [1.165, 1.54) is 75.1 Å². The predicted octanol–water partition coefficient (Wildman–Crippen LogP) is 10.6. The van der Waals surface area contributed by atoms with Crippen molar-refractivity contribution in [3.05, 3.63) is 117 Å². The highest BCUT2D eigenvalue weighted by atomic mass is 32.1. The van der Waals surface area contributed by atoms with Crippen LogP contribution in [0.2, 0.25) is 0 Å². The zero-order valence-corrected chi connectivity index (χ0v) is 33.0. The molecule has 280 valence electrons. The minimum Gasteiger partial charge on any atom is -0.361 e. The highest BCUT2D eigenvalue weighted by Crippen LogP contribution is 2.33. The maximum absolute atomic E-state index is 12.3.